The van der Waals surface area contributed by atoms with E-state index in [0.29, 0.717) is 11.5 Å². The number of hydrogen-bond acceptors (Lipinski definition) is 3. The topological polar surface area (TPSA) is 55.1 Å². The fraction of sp³-hybridized carbons (Fsp3) is 0.636. The molecule has 4 nitrogen and oxygen atoms in total. The maximum atomic E-state index is 11.9. The summed E-state index contributed by atoms with van der Waals surface area (Å²) in [5, 5.41) is 7.43. The third-order valence-corrected chi connectivity index (χ3v) is 3.92. The van der Waals surface area contributed by atoms with Crippen molar-refractivity contribution in [2.45, 2.75) is 39.2 Å². The van der Waals surface area contributed by atoms with Gasteiger partial charge in [0.25, 0.3) is 5.91 Å². The average Bonchev–Trinajstić information content (AvgIpc) is 2.73. The van der Waals surface area contributed by atoms with Crippen molar-refractivity contribution in [3.63, 3.8) is 0 Å². The monoisotopic (exact) mass is 288 g/mol. The molecule has 0 saturated carbocycles. The van der Waals surface area contributed by atoms with Crippen LogP contribution in [0.5, 0.6) is 0 Å². The second-order valence-corrected chi connectivity index (χ2v) is 4.46. The Labute approximate surface area is 104 Å². The standard InChI is InChI=1S/C11H17BrN2O2/c1-4-11(5-2,7-12)13-10(15)9-6-8(3)16-14-9/h6H,4-5,7H2,1-3H3,(H,13,15). The van der Waals surface area contributed by atoms with Gasteiger partial charge in [0.2, 0.25) is 0 Å². The number of amides is 1. The number of hydrogen-bond donors (Lipinski definition) is 1. The zero-order valence-electron chi connectivity index (χ0n) is 9.84. The summed E-state index contributed by atoms with van der Waals surface area (Å²) in [5.74, 6) is 0.461. The molecule has 90 valence electrons. The number of carbonyl (C=O) groups is 1. The van der Waals surface area contributed by atoms with Crippen LogP contribution in [-0.2, 0) is 0 Å². The molecule has 0 unspecified atom stereocenters. The number of aryl methyl sites for hydroxylation is 1. The average molecular weight is 289 g/mol. The van der Waals surface area contributed by atoms with Gasteiger partial charge in [0.15, 0.2) is 5.69 Å². The molecule has 0 fully saturated rings. The minimum absolute atomic E-state index is 0.181. The van der Waals surface area contributed by atoms with Crippen molar-refractivity contribution in [3.05, 3.63) is 17.5 Å². The number of carbonyl (C=O) groups excluding carboxylic acids is 1. The SMILES string of the molecule is CCC(CC)(CBr)NC(=O)c1cc(C)on1. The van der Waals surface area contributed by atoms with Gasteiger partial charge in [-0.3, -0.25) is 4.79 Å². The molecule has 1 N–H and O–H groups in total. The van der Waals surface area contributed by atoms with E-state index >= 15 is 0 Å². The summed E-state index contributed by atoms with van der Waals surface area (Å²) < 4.78 is 4.88. The summed E-state index contributed by atoms with van der Waals surface area (Å²) in [4.78, 5) is 11.9. The van der Waals surface area contributed by atoms with Gasteiger partial charge in [-0.2, -0.15) is 0 Å². The van der Waals surface area contributed by atoms with E-state index in [1.165, 1.54) is 0 Å². The molecule has 0 spiro atoms. The molecule has 16 heavy (non-hydrogen) atoms. The molecule has 0 bridgehead atoms. The Balaban J connectivity index is 2.76. The van der Waals surface area contributed by atoms with Crippen molar-refractivity contribution in [2.24, 2.45) is 0 Å². The highest BCUT2D eigenvalue weighted by molar-refractivity contribution is 9.09. The van der Waals surface area contributed by atoms with Crippen LogP contribution < -0.4 is 5.32 Å². The third kappa shape index (κ3) is 2.84. The Morgan fingerprint density at radius 1 is 1.56 bits per heavy atom. The van der Waals surface area contributed by atoms with E-state index in [2.05, 4.69) is 40.3 Å². The van der Waals surface area contributed by atoms with Gasteiger partial charge < -0.3 is 9.84 Å². The minimum atomic E-state index is -0.204. The smallest absolute Gasteiger partial charge is 0.273 e. The van der Waals surface area contributed by atoms with E-state index in [4.69, 9.17) is 4.52 Å². The quantitative estimate of drug-likeness (QED) is 0.848. The Morgan fingerprint density at radius 3 is 2.56 bits per heavy atom. The molecule has 1 rings (SSSR count). The maximum absolute atomic E-state index is 11.9. The second-order valence-electron chi connectivity index (χ2n) is 3.90. The van der Waals surface area contributed by atoms with Crippen LogP contribution in [0.2, 0.25) is 0 Å². The summed E-state index contributed by atoms with van der Waals surface area (Å²) in [6.07, 6.45) is 1.74. The number of rotatable bonds is 5. The second kappa shape index (κ2) is 5.48. The van der Waals surface area contributed by atoms with Gasteiger partial charge in [-0.05, 0) is 19.8 Å². The van der Waals surface area contributed by atoms with Gasteiger partial charge in [-0.1, -0.05) is 34.9 Å². The van der Waals surface area contributed by atoms with E-state index in [9.17, 15) is 4.79 Å². The number of nitrogens with one attached hydrogen (secondary N) is 1. The molecule has 5 heteroatoms. The van der Waals surface area contributed by atoms with Gasteiger partial charge in [0, 0.05) is 16.9 Å². The maximum Gasteiger partial charge on any atom is 0.273 e. The molecule has 0 aliphatic heterocycles. The largest absolute Gasteiger partial charge is 0.361 e. The number of nitrogens with zero attached hydrogens (tertiary/aromatic N) is 1. The fourth-order valence-electron chi connectivity index (χ4n) is 1.43. The van der Waals surface area contributed by atoms with Crippen LogP contribution in [0.1, 0.15) is 42.9 Å². The van der Waals surface area contributed by atoms with E-state index in [0.717, 1.165) is 18.2 Å². The van der Waals surface area contributed by atoms with Crippen LogP contribution in [0.15, 0.2) is 10.6 Å². The van der Waals surface area contributed by atoms with Crippen molar-refractivity contribution < 1.29 is 9.32 Å². The molecule has 0 atom stereocenters. The van der Waals surface area contributed by atoms with Crippen molar-refractivity contribution in [2.75, 3.05) is 5.33 Å². The lowest BCUT2D eigenvalue weighted by atomic mass is 9.95. The molecule has 0 saturated heterocycles. The summed E-state index contributed by atoms with van der Waals surface area (Å²) >= 11 is 3.44. The Morgan fingerprint density at radius 2 is 2.19 bits per heavy atom. The summed E-state index contributed by atoms with van der Waals surface area (Å²) in [5.41, 5.74) is 0.133. The molecule has 0 radical (unpaired) electrons. The number of aromatic nitrogens is 1. The van der Waals surface area contributed by atoms with E-state index < -0.39 is 0 Å². The van der Waals surface area contributed by atoms with E-state index in [-0.39, 0.29) is 11.4 Å². The molecule has 1 aromatic heterocycles. The van der Waals surface area contributed by atoms with Crippen LogP contribution in [-0.4, -0.2) is 21.9 Å². The van der Waals surface area contributed by atoms with Crippen LogP contribution in [0, 0.1) is 6.92 Å². The lowest BCUT2D eigenvalue weighted by molar-refractivity contribution is 0.0894. The van der Waals surface area contributed by atoms with Gasteiger partial charge >= 0.3 is 0 Å². The van der Waals surface area contributed by atoms with Crippen LogP contribution in [0.3, 0.4) is 0 Å². The van der Waals surface area contributed by atoms with Crippen molar-refractivity contribution in [3.8, 4) is 0 Å². The van der Waals surface area contributed by atoms with Gasteiger partial charge in [0.1, 0.15) is 5.76 Å². The zero-order chi connectivity index (χ0) is 12.2. The third-order valence-electron chi connectivity index (χ3n) is 2.85. The Hall–Kier alpha value is -0.840. The minimum Gasteiger partial charge on any atom is -0.361 e. The molecule has 0 aliphatic rings. The lowest BCUT2D eigenvalue weighted by Gasteiger charge is -2.30. The highest BCUT2D eigenvalue weighted by Crippen LogP contribution is 2.18. The van der Waals surface area contributed by atoms with Crippen molar-refractivity contribution in [1.82, 2.24) is 10.5 Å². The molecule has 0 aliphatic carbocycles. The number of halogens is 1. The molecular formula is C11H17BrN2O2. The summed E-state index contributed by atoms with van der Waals surface area (Å²) in [7, 11) is 0. The first kappa shape index (κ1) is 13.2. The van der Waals surface area contributed by atoms with E-state index in [1.807, 2.05) is 0 Å². The van der Waals surface area contributed by atoms with Gasteiger partial charge in [-0.15, -0.1) is 0 Å². The first-order chi connectivity index (χ1) is 7.56. The Bertz CT molecular complexity index is 350. The van der Waals surface area contributed by atoms with Crippen molar-refractivity contribution >= 4 is 21.8 Å². The zero-order valence-corrected chi connectivity index (χ0v) is 11.4. The van der Waals surface area contributed by atoms with Crippen molar-refractivity contribution in [1.29, 1.82) is 0 Å². The molecule has 0 aromatic carbocycles. The highest BCUT2D eigenvalue weighted by atomic mass is 79.9. The molecular weight excluding hydrogens is 272 g/mol. The molecule has 1 aromatic rings. The predicted molar refractivity (Wildman–Crippen MR) is 65.8 cm³/mol. The van der Waals surface area contributed by atoms with Crippen LogP contribution in [0.25, 0.3) is 0 Å². The highest BCUT2D eigenvalue weighted by Gasteiger charge is 2.28. The van der Waals surface area contributed by atoms with Gasteiger partial charge in [0.05, 0.1) is 0 Å². The lowest BCUT2D eigenvalue weighted by Crippen LogP contribution is -2.49. The predicted octanol–water partition coefficient (Wildman–Crippen LogP) is 2.67. The fourth-order valence-corrected chi connectivity index (χ4v) is 2.36. The van der Waals surface area contributed by atoms with Crippen LogP contribution >= 0.6 is 15.9 Å². The summed E-state index contributed by atoms with van der Waals surface area (Å²) in [6.45, 7) is 5.87. The van der Waals surface area contributed by atoms with Crippen LogP contribution in [0.4, 0.5) is 0 Å². The number of alkyl halides is 1. The summed E-state index contributed by atoms with van der Waals surface area (Å²) in [6, 6.07) is 1.64. The first-order valence-electron chi connectivity index (χ1n) is 5.38. The molecule has 1 heterocycles. The van der Waals surface area contributed by atoms with E-state index in [1.54, 1.807) is 13.0 Å². The molecule has 1 amide bonds. The Kier molecular flexibility index (Phi) is 4.53. The van der Waals surface area contributed by atoms with Gasteiger partial charge in [-0.25, -0.2) is 0 Å². The normalized spacial score (nSPS) is 11.5. The first-order valence-corrected chi connectivity index (χ1v) is 6.51.